The standard InChI is InChI=1S/C17H19NS/c1-17(2,3)13-8-6-7-12(11-13)16-18-14-9-4-5-10-15(14)19-16/h4-11,16,18H,1-3H3. The molecule has 0 radical (unpaired) electrons. The van der Waals surface area contributed by atoms with Crippen molar-refractivity contribution in [3.8, 4) is 0 Å². The minimum atomic E-state index is 0.201. The highest BCUT2D eigenvalue weighted by atomic mass is 32.2. The fourth-order valence-electron chi connectivity index (χ4n) is 2.31. The van der Waals surface area contributed by atoms with Gasteiger partial charge in [0, 0.05) is 10.6 Å². The number of nitrogens with one attached hydrogen (secondary N) is 1. The molecule has 2 aromatic carbocycles. The van der Waals surface area contributed by atoms with Gasteiger partial charge in [0.05, 0.1) is 0 Å². The average Bonchev–Trinajstić information content (AvgIpc) is 2.81. The van der Waals surface area contributed by atoms with Gasteiger partial charge in [0.25, 0.3) is 0 Å². The molecule has 3 rings (SSSR count). The third-order valence-electron chi connectivity index (χ3n) is 3.47. The van der Waals surface area contributed by atoms with E-state index in [9.17, 15) is 0 Å². The van der Waals surface area contributed by atoms with Gasteiger partial charge in [-0.3, -0.25) is 0 Å². The minimum absolute atomic E-state index is 0.201. The number of para-hydroxylation sites is 1. The summed E-state index contributed by atoms with van der Waals surface area (Å²) in [5.74, 6) is 0. The highest BCUT2D eigenvalue weighted by molar-refractivity contribution is 8.00. The number of benzene rings is 2. The van der Waals surface area contributed by atoms with Crippen LogP contribution in [0.1, 0.15) is 37.3 Å². The van der Waals surface area contributed by atoms with Gasteiger partial charge in [0.15, 0.2) is 0 Å². The van der Waals surface area contributed by atoms with Crippen LogP contribution < -0.4 is 5.32 Å². The quantitative estimate of drug-likeness (QED) is 0.763. The van der Waals surface area contributed by atoms with E-state index in [4.69, 9.17) is 0 Å². The lowest BCUT2D eigenvalue weighted by molar-refractivity contribution is 0.589. The molecular formula is C17H19NS. The van der Waals surface area contributed by atoms with Gasteiger partial charge in [-0.1, -0.05) is 68.9 Å². The van der Waals surface area contributed by atoms with Gasteiger partial charge in [0.1, 0.15) is 5.37 Å². The summed E-state index contributed by atoms with van der Waals surface area (Å²) < 4.78 is 0. The zero-order valence-corrected chi connectivity index (χ0v) is 12.4. The smallest absolute Gasteiger partial charge is 0.103 e. The first-order chi connectivity index (χ1) is 9.04. The number of thioether (sulfide) groups is 1. The molecule has 0 amide bonds. The maximum absolute atomic E-state index is 3.59. The molecule has 0 spiro atoms. The molecule has 1 atom stereocenters. The first-order valence-corrected chi connectivity index (χ1v) is 7.55. The van der Waals surface area contributed by atoms with Crippen LogP contribution in [0.25, 0.3) is 0 Å². The second-order valence-corrected chi connectivity index (χ2v) is 7.16. The Morgan fingerprint density at radius 1 is 1.00 bits per heavy atom. The normalized spacial score (nSPS) is 17.9. The summed E-state index contributed by atoms with van der Waals surface area (Å²) in [6.07, 6.45) is 0. The predicted molar refractivity (Wildman–Crippen MR) is 83.8 cm³/mol. The summed E-state index contributed by atoms with van der Waals surface area (Å²) >= 11 is 1.90. The molecule has 0 aliphatic carbocycles. The van der Waals surface area contributed by atoms with Crippen molar-refractivity contribution in [2.24, 2.45) is 0 Å². The summed E-state index contributed by atoms with van der Waals surface area (Å²) in [5, 5.41) is 3.93. The van der Waals surface area contributed by atoms with Crippen LogP contribution >= 0.6 is 11.8 Å². The number of rotatable bonds is 1. The molecule has 1 heterocycles. The zero-order chi connectivity index (χ0) is 13.5. The molecular weight excluding hydrogens is 250 g/mol. The van der Waals surface area contributed by atoms with Crippen molar-refractivity contribution in [3.05, 3.63) is 59.7 Å². The average molecular weight is 269 g/mol. The molecule has 1 aliphatic rings. The molecule has 0 fully saturated rings. The van der Waals surface area contributed by atoms with E-state index in [0.29, 0.717) is 5.37 Å². The van der Waals surface area contributed by atoms with Crippen LogP contribution in [0.3, 0.4) is 0 Å². The second-order valence-electron chi connectivity index (χ2n) is 6.01. The van der Waals surface area contributed by atoms with Crippen LogP contribution in [0.2, 0.25) is 0 Å². The van der Waals surface area contributed by atoms with Crippen LogP contribution in [-0.2, 0) is 5.41 Å². The molecule has 0 bridgehead atoms. The molecule has 1 unspecified atom stereocenters. The molecule has 0 aromatic heterocycles. The Morgan fingerprint density at radius 3 is 2.53 bits per heavy atom. The maximum Gasteiger partial charge on any atom is 0.103 e. The maximum atomic E-state index is 3.59. The van der Waals surface area contributed by atoms with Crippen molar-refractivity contribution in [3.63, 3.8) is 0 Å². The monoisotopic (exact) mass is 269 g/mol. The molecule has 2 aromatic rings. The topological polar surface area (TPSA) is 12.0 Å². The molecule has 1 aliphatic heterocycles. The van der Waals surface area contributed by atoms with Gasteiger partial charge in [-0.2, -0.15) is 0 Å². The minimum Gasteiger partial charge on any atom is -0.368 e. The van der Waals surface area contributed by atoms with Crippen LogP contribution in [0.15, 0.2) is 53.4 Å². The lowest BCUT2D eigenvalue weighted by atomic mass is 9.86. The lowest BCUT2D eigenvalue weighted by Gasteiger charge is -2.21. The first-order valence-electron chi connectivity index (χ1n) is 6.67. The Labute approximate surface area is 119 Å². The van der Waals surface area contributed by atoms with Gasteiger partial charge in [-0.15, -0.1) is 0 Å². The number of anilines is 1. The van der Waals surface area contributed by atoms with Crippen molar-refractivity contribution in [1.82, 2.24) is 0 Å². The Morgan fingerprint density at radius 2 is 1.79 bits per heavy atom. The molecule has 19 heavy (non-hydrogen) atoms. The molecule has 0 saturated heterocycles. The Balaban J connectivity index is 1.90. The van der Waals surface area contributed by atoms with Gasteiger partial charge in [-0.05, 0) is 28.7 Å². The lowest BCUT2D eigenvalue weighted by Crippen LogP contribution is -2.12. The second kappa shape index (κ2) is 4.61. The van der Waals surface area contributed by atoms with E-state index < -0.39 is 0 Å². The van der Waals surface area contributed by atoms with Crippen molar-refractivity contribution in [1.29, 1.82) is 0 Å². The Kier molecular flexibility index (Phi) is 3.06. The van der Waals surface area contributed by atoms with Crippen LogP contribution in [0.4, 0.5) is 5.69 Å². The van der Waals surface area contributed by atoms with Crippen molar-refractivity contribution in [2.45, 2.75) is 36.5 Å². The summed E-state index contributed by atoms with van der Waals surface area (Å²) in [4.78, 5) is 1.34. The SMILES string of the molecule is CC(C)(C)c1cccc(C2Nc3ccccc3S2)c1. The van der Waals surface area contributed by atoms with Crippen molar-refractivity contribution < 1.29 is 0 Å². The summed E-state index contributed by atoms with van der Waals surface area (Å²) in [5.41, 5.74) is 4.20. The van der Waals surface area contributed by atoms with Crippen LogP contribution in [0.5, 0.6) is 0 Å². The van der Waals surface area contributed by atoms with E-state index in [0.717, 1.165) is 0 Å². The Bertz CT molecular complexity index is 573. The highest BCUT2D eigenvalue weighted by Gasteiger charge is 2.23. The molecule has 0 saturated carbocycles. The fraction of sp³-hybridized carbons (Fsp3) is 0.294. The van der Waals surface area contributed by atoms with Gasteiger partial charge < -0.3 is 5.32 Å². The van der Waals surface area contributed by atoms with Crippen molar-refractivity contribution in [2.75, 3.05) is 5.32 Å². The van der Waals surface area contributed by atoms with E-state index in [2.05, 4.69) is 74.6 Å². The van der Waals surface area contributed by atoms with E-state index in [-0.39, 0.29) is 5.41 Å². The molecule has 1 nitrogen and oxygen atoms in total. The third kappa shape index (κ3) is 2.50. The number of fused-ring (bicyclic) bond motifs is 1. The number of hydrogen-bond acceptors (Lipinski definition) is 2. The first kappa shape index (κ1) is 12.6. The number of hydrogen-bond donors (Lipinski definition) is 1. The van der Waals surface area contributed by atoms with E-state index in [1.807, 2.05) is 11.8 Å². The van der Waals surface area contributed by atoms with Crippen molar-refractivity contribution >= 4 is 17.4 Å². The summed E-state index contributed by atoms with van der Waals surface area (Å²) in [7, 11) is 0. The zero-order valence-electron chi connectivity index (χ0n) is 11.6. The van der Waals surface area contributed by atoms with E-state index in [1.165, 1.54) is 21.7 Å². The summed E-state index contributed by atoms with van der Waals surface area (Å²) in [6, 6.07) is 17.4. The van der Waals surface area contributed by atoms with E-state index >= 15 is 0 Å². The van der Waals surface area contributed by atoms with Gasteiger partial charge in [-0.25, -0.2) is 0 Å². The molecule has 2 heteroatoms. The van der Waals surface area contributed by atoms with E-state index in [1.54, 1.807) is 0 Å². The van der Waals surface area contributed by atoms with Gasteiger partial charge in [0.2, 0.25) is 0 Å². The Hall–Kier alpha value is -1.41. The van der Waals surface area contributed by atoms with Crippen LogP contribution in [-0.4, -0.2) is 0 Å². The molecule has 1 N–H and O–H groups in total. The predicted octanol–water partition coefficient (Wildman–Crippen LogP) is 5.20. The highest BCUT2D eigenvalue weighted by Crippen LogP contribution is 2.46. The fourth-order valence-corrected chi connectivity index (χ4v) is 3.44. The summed E-state index contributed by atoms with van der Waals surface area (Å²) in [6.45, 7) is 6.78. The van der Waals surface area contributed by atoms with Gasteiger partial charge >= 0.3 is 0 Å². The third-order valence-corrected chi connectivity index (χ3v) is 4.71. The van der Waals surface area contributed by atoms with Crippen LogP contribution in [0, 0.1) is 0 Å². The molecule has 98 valence electrons. The largest absolute Gasteiger partial charge is 0.368 e.